The van der Waals surface area contributed by atoms with Crippen LogP contribution in [0, 0.1) is 0 Å². The number of aromatic nitrogens is 2. The minimum atomic E-state index is -0.917. The molecule has 1 aliphatic heterocycles. The molecule has 0 spiro atoms. The standard InChI is InChI=1S/C13H16N4O4/c1-13(2)11(18)10(15-12(19)14-3)6-4-7-8(17-21-16-7)5-9(6)20-13/h4-5,10-11,18H,1-3H3,(H2,14,15,19). The van der Waals surface area contributed by atoms with Crippen molar-refractivity contribution in [1.82, 2.24) is 20.9 Å². The van der Waals surface area contributed by atoms with Gasteiger partial charge in [0.25, 0.3) is 0 Å². The third kappa shape index (κ3) is 2.17. The molecule has 3 rings (SSSR count). The Morgan fingerprint density at radius 2 is 2.00 bits per heavy atom. The van der Waals surface area contributed by atoms with Crippen molar-refractivity contribution >= 4 is 17.1 Å². The molecule has 0 saturated heterocycles. The molecule has 0 aliphatic carbocycles. The van der Waals surface area contributed by atoms with Crippen LogP contribution in [0.1, 0.15) is 25.5 Å². The van der Waals surface area contributed by atoms with Crippen molar-refractivity contribution in [1.29, 1.82) is 0 Å². The zero-order valence-corrected chi connectivity index (χ0v) is 11.9. The SMILES string of the molecule is CNC(=O)NC1c2cc3nonc3cc2OC(C)(C)C1O. The van der Waals surface area contributed by atoms with E-state index < -0.39 is 17.7 Å². The molecule has 3 N–H and O–H groups in total. The number of fused-ring (bicyclic) bond motifs is 2. The van der Waals surface area contributed by atoms with Gasteiger partial charge in [-0.25, -0.2) is 9.42 Å². The van der Waals surface area contributed by atoms with Crippen molar-refractivity contribution in [3.63, 3.8) is 0 Å². The molecular weight excluding hydrogens is 276 g/mol. The molecule has 2 heterocycles. The first-order valence-electron chi connectivity index (χ1n) is 6.54. The molecule has 8 nitrogen and oxygen atoms in total. The van der Waals surface area contributed by atoms with E-state index in [4.69, 9.17) is 4.74 Å². The zero-order valence-electron chi connectivity index (χ0n) is 11.9. The van der Waals surface area contributed by atoms with E-state index >= 15 is 0 Å². The first-order chi connectivity index (χ1) is 9.92. The third-order valence-corrected chi connectivity index (χ3v) is 3.64. The molecule has 0 fully saturated rings. The lowest BCUT2D eigenvalue weighted by molar-refractivity contribution is -0.0619. The summed E-state index contributed by atoms with van der Waals surface area (Å²) in [6.45, 7) is 3.51. The van der Waals surface area contributed by atoms with Gasteiger partial charge in [-0.05, 0) is 30.2 Å². The lowest BCUT2D eigenvalue weighted by Crippen LogP contribution is -2.54. The lowest BCUT2D eigenvalue weighted by atomic mass is 9.86. The summed E-state index contributed by atoms with van der Waals surface area (Å²) in [6.07, 6.45) is -0.917. The van der Waals surface area contributed by atoms with Crippen molar-refractivity contribution in [3.8, 4) is 5.75 Å². The van der Waals surface area contributed by atoms with E-state index in [0.29, 0.717) is 22.3 Å². The van der Waals surface area contributed by atoms with Crippen LogP contribution in [0.3, 0.4) is 0 Å². The fraction of sp³-hybridized carbons (Fsp3) is 0.462. The molecular formula is C13H16N4O4. The van der Waals surface area contributed by atoms with Crippen LogP contribution in [0.25, 0.3) is 11.0 Å². The van der Waals surface area contributed by atoms with E-state index in [1.54, 1.807) is 26.0 Å². The van der Waals surface area contributed by atoms with Gasteiger partial charge in [-0.1, -0.05) is 0 Å². The molecule has 2 amide bonds. The Bertz CT molecular complexity index is 697. The predicted octanol–water partition coefficient (Wildman–Crippen LogP) is 0.725. The topological polar surface area (TPSA) is 110 Å². The normalized spacial score (nSPS) is 23.2. The highest BCUT2D eigenvalue weighted by molar-refractivity contribution is 5.78. The summed E-state index contributed by atoms with van der Waals surface area (Å²) in [6, 6.07) is 2.37. The summed E-state index contributed by atoms with van der Waals surface area (Å²) in [5.74, 6) is 0.537. The maximum Gasteiger partial charge on any atom is 0.315 e. The summed E-state index contributed by atoms with van der Waals surface area (Å²) in [5.41, 5.74) is 0.866. The Morgan fingerprint density at radius 3 is 2.67 bits per heavy atom. The molecule has 0 radical (unpaired) electrons. The van der Waals surface area contributed by atoms with Crippen molar-refractivity contribution in [2.24, 2.45) is 0 Å². The number of aliphatic hydroxyl groups is 1. The van der Waals surface area contributed by atoms with Crippen molar-refractivity contribution in [2.45, 2.75) is 31.6 Å². The number of hydrogen-bond donors (Lipinski definition) is 3. The van der Waals surface area contributed by atoms with Gasteiger partial charge in [0, 0.05) is 18.7 Å². The number of amides is 2. The molecule has 1 aromatic carbocycles. The Hall–Kier alpha value is -2.35. The number of urea groups is 1. The molecule has 1 aromatic heterocycles. The number of rotatable bonds is 1. The van der Waals surface area contributed by atoms with E-state index in [1.165, 1.54) is 7.05 Å². The van der Waals surface area contributed by atoms with E-state index in [9.17, 15) is 9.90 Å². The summed E-state index contributed by atoms with van der Waals surface area (Å²) in [7, 11) is 1.51. The number of benzene rings is 1. The first-order valence-corrected chi connectivity index (χ1v) is 6.54. The number of carbonyl (C=O) groups excluding carboxylic acids is 1. The predicted molar refractivity (Wildman–Crippen MR) is 72.9 cm³/mol. The van der Waals surface area contributed by atoms with Crippen LogP contribution in [-0.4, -0.2) is 40.2 Å². The molecule has 2 unspecified atom stereocenters. The summed E-state index contributed by atoms with van der Waals surface area (Å²) >= 11 is 0. The van der Waals surface area contributed by atoms with Gasteiger partial charge in [0.1, 0.15) is 28.5 Å². The first kappa shape index (κ1) is 13.6. The quantitative estimate of drug-likeness (QED) is 0.714. The maximum absolute atomic E-state index is 11.6. The molecule has 1 aliphatic rings. The fourth-order valence-corrected chi connectivity index (χ4v) is 2.45. The zero-order chi connectivity index (χ0) is 15.2. The highest BCUT2D eigenvalue weighted by Crippen LogP contribution is 2.41. The second-order valence-electron chi connectivity index (χ2n) is 5.49. The van der Waals surface area contributed by atoms with E-state index in [0.717, 1.165) is 0 Å². The number of aliphatic hydroxyl groups excluding tert-OH is 1. The Labute approximate surface area is 120 Å². The Morgan fingerprint density at radius 1 is 1.33 bits per heavy atom. The van der Waals surface area contributed by atoms with Crippen LogP contribution in [0.5, 0.6) is 5.75 Å². The van der Waals surface area contributed by atoms with Gasteiger partial charge >= 0.3 is 6.03 Å². The monoisotopic (exact) mass is 292 g/mol. The van der Waals surface area contributed by atoms with Gasteiger partial charge in [-0.15, -0.1) is 0 Å². The molecule has 2 aromatic rings. The van der Waals surface area contributed by atoms with E-state index in [1.807, 2.05) is 0 Å². The minimum Gasteiger partial charge on any atom is -0.485 e. The van der Waals surface area contributed by atoms with Gasteiger partial charge in [-0.2, -0.15) is 0 Å². The molecule has 21 heavy (non-hydrogen) atoms. The number of hydrogen-bond acceptors (Lipinski definition) is 6. The van der Waals surface area contributed by atoms with Gasteiger partial charge in [0.2, 0.25) is 0 Å². The van der Waals surface area contributed by atoms with Crippen LogP contribution >= 0.6 is 0 Å². The van der Waals surface area contributed by atoms with Crippen molar-refractivity contribution < 1.29 is 19.3 Å². The van der Waals surface area contributed by atoms with E-state index in [2.05, 4.69) is 25.6 Å². The maximum atomic E-state index is 11.6. The van der Waals surface area contributed by atoms with Crippen LogP contribution in [0.4, 0.5) is 4.79 Å². The van der Waals surface area contributed by atoms with Gasteiger partial charge in [0.05, 0.1) is 6.04 Å². The van der Waals surface area contributed by atoms with Crippen LogP contribution in [0.2, 0.25) is 0 Å². The van der Waals surface area contributed by atoms with Gasteiger partial charge in [0.15, 0.2) is 0 Å². The molecule has 8 heteroatoms. The lowest BCUT2D eigenvalue weighted by Gasteiger charge is -2.42. The number of nitrogens with zero attached hydrogens (tertiary/aromatic N) is 2. The van der Waals surface area contributed by atoms with Crippen LogP contribution < -0.4 is 15.4 Å². The smallest absolute Gasteiger partial charge is 0.315 e. The average Bonchev–Trinajstić information content (AvgIpc) is 2.88. The van der Waals surface area contributed by atoms with Gasteiger partial charge < -0.3 is 20.5 Å². The second kappa shape index (κ2) is 4.59. The summed E-state index contributed by atoms with van der Waals surface area (Å²) in [5, 5.41) is 23.2. The van der Waals surface area contributed by atoms with Crippen molar-refractivity contribution in [2.75, 3.05) is 7.05 Å². The van der Waals surface area contributed by atoms with Crippen LogP contribution in [-0.2, 0) is 0 Å². The number of nitrogens with one attached hydrogen (secondary N) is 2. The molecule has 0 bridgehead atoms. The molecule has 0 saturated carbocycles. The largest absolute Gasteiger partial charge is 0.485 e. The Kier molecular flexibility index (Phi) is 2.98. The molecule has 2 atom stereocenters. The summed E-state index contributed by atoms with van der Waals surface area (Å²) < 4.78 is 10.5. The van der Waals surface area contributed by atoms with E-state index in [-0.39, 0.29) is 6.03 Å². The fourth-order valence-electron chi connectivity index (χ4n) is 2.45. The number of carbonyl (C=O) groups is 1. The van der Waals surface area contributed by atoms with Crippen LogP contribution in [0.15, 0.2) is 16.8 Å². The second-order valence-corrected chi connectivity index (χ2v) is 5.49. The third-order valence-electron chi connectivity index (χ3n) is 3.64. The highest BCUT2D eigenvalue weighted by Gasteiger charge is 2.44. The molecule has 112 valence electrons. The highest BCUT2D eigenvalue weighted by atomic mass is 16.6. The number of ether oxygens (including phenoxy) is 1. The minimum absolute atomic E-state index is 0.388. The van der Waals surface area contributed by atoms with Crippen molar-refractivity contribution in [3.05, 3.63) is 17.7 Å². The average molecular weight is 292 g/mol. The summed E-state index contributed by atoms with van der Waals surface area (Å²) in [4.78, 5) is 11.6. The van der Waals surface area contributed by atoms with Gasteiger partial charge in [-0.3, -0.25) is 0 Å². The Balaban J connectivity index is 2.12.